The molecule has 2 heterocycles. The number of ether oxygens (including phenoxy) is 1. The molecule has 1 aliphatic rings. The van der Waals surface area contributed by atoms with Crippen LogP contribution in [0.3, 0.4) is 0 Å². The van der Waals surface area contributed by atoms with E-state index in [-0.39, 0.29) is 5.43 Å². The zero-order valence-corrected chi connectivity index (χ0v) is 15.5. The molecule has 3 aromatic rings. The first-order valence-electron chi connectivity index (χ1n) is 9.37. The maximum absolute atomic E-state index is 12.5. The number of hydrogen-bond acceptors (Lipinski definition) is 3. The van der Waals surface area contributed by atoms with E-state index in [1.54, 1.807) is 6.07 Å². The van der Waals surface area contributed by atoms with Crippen LogP contribution < -0.4 is 10.2 Å². The second-order valence-corrected chi connectivity index (χ2v) is 7.16. The molecule has 4 heteroatoms. The fourth-order valence-electron chi connectivity index (χ4n) is 3.54. The molecular formula is C23H24N2O2. The number of rotatable bonds is 5. The highest BCUT2D eigenvalue weighted by Gasteiger charge is 2.23. The van der Waals surface area contributed by atoms with Crippen LogP contribution in [-0.2, 0) is 26.2 Å². The molecule has 27 heavy (non-hydrogen) atoms. The first kappa shape index (κ1) is 17.6. The zero-order valence-electron chi connectivity index (χ0n) is 15.5. The Morgan fingerprint density at radius 3 is 2.37 bits per heavy atom. The number of pyridine rings is 1. The van der Waals surface area contributed by atoms with E-state index < -0.39 is 0 Å². The summed E-state index contributed by atoms with van der Waals surface area (Å²) < 4.78 is 7.96. The fraction of sp³-hybridized carbons (Fsp3) is 0.261. The number of nitrogens with zero attached hydrogens (tertiary/aromatic N) is 2. The largest absolute Gasteiger partial charge is 0.483 e. The first-order chi connectivity index (χ1) is 13.2. The number of fused-ring (bicyclic) bond motifs is 1. The third-order valence-corrected chi connectivity index (χ3v) is 5.10. The minimum atomic E-state index is -0.0496. The lowest BCUT2D eigenvalue weighted by atomic mass is 10.1. The van der Waals surface area contributed by atoms with Crippen LogP contribution in [0.15, 0.2) is 77.7 Å². The Morgan fingerprint density at radius 1 is 1.00 bits per heavy atom. The van der Waals surface area contributed by atoms with Gasteiger partial charge < -0.3 is 9.30 Å². The third-order valence-electron chi connectivity index (χ3n) is 5.10. The molecule has 0 radical (unpaired) electrons. The van der Waals surface area contributed by atoms with E-state index in [9.17, 15) is 4.79 Å². The smallest absolute Gasteiger partial charge is 0.223 e. The quantitative estimate of drug-likeness (QED) is 0.693. The normalized spacial score (nSPS) is 16.7. The van der Waals surface area contributed by atoms with Crippen molar-refractivity contribution in [3.05, 3.63) is 100.0 Å². The van der Waals surface area contributed by atoms with Crippen LogP contribution in [-0.4, -0.2) is 15.5 Å². The fourth-order valence-corrected chi connectivity index (χ4v) is 3.54. The van der Waals surface area contributed by atoms with Crippen LogP contribution in [0.1, 0.15) is 23.7 Å². The number of aromatic nitrogens is 1. The maximum Gasteiger partial charge on any atom is 0.223 e. The van der Waals surface area contributed by atoms with Gasteiger partial charge in [0.2, 0.25) is 5.43 Å². The summed E-state index contributed by atoms with van der Waals surface area (Å²) in [6.45, 7) is 5.15. The number of hydrogen-bond donors (Lipinski definition) is 0. The topological polar surface area (TPSA) is 34.5 Å². The second kappa shape index (κ2) is 7.80. The highest BCUT2D eigenvalue weighted by atomic mass is 16.5. The van der Waals surface area contributed by atoms with Gasteiger partial charge in [-0.15, -0.1) is 0 Å². The standard InChI is InChI=1S/C23H24N2O2/c1-18-13-25-16-23(27-17-20-10-6-3-7-11-20)22(26)12-21(25)15-24(18)14-19-8-4-2-5-9-19/h2-12,16,18H,13-15,17H2,1H3. The zero-order chi connectivity index (χ0) is 18.6. The van der Waals surface area contributed by atoms with Crippen molar-refractivity contribution in [2.45, 2.75) is 39.2 Å². The molecule has 1 aromatic heterocycles. The lowest BCUT2D eigenvalue weighted by Crippen LogP contribution is -2.41. The van der Waals surface area contributed by atoms with Crippen molar-refractivity contribution in [3.8, 4) is 5.75 Å². The molecule has 2 aromatic carbocycles. The van der Waals surface area contributed by atoms with Crippen molar-refractivity contribution in [1.82, 2.24) is 9.47 Å². The summed E-state index contributed by atoms with van der Waals surface area (Å²) in [5.74, 6) is 0.423. The Hall–Kier alpha value is -2.85. The van der Waals surface area contributed by atoms with Crippen molar-refractivity contribution in [2.75, 3.05) is 0 Å². The summed E-state index contributed by atoms with van der Waals surface area (Å²) in [7, 11) is 0. The summed E-state index contributed by atoms with van der Waals surface area (Å²) in [4.78, 5) is 14.9. The molecule has 0 saturated carbocycles. The molecule has 0 bridgehead atoms. The molecule has 0 aliphatic carbocycles. The van der Waals surface area contributed by atoms with E-state index in [4.69, 9.17) is 4.74 Å². The van der Waals surface area contributed by atoms with Crippen molar-refractivity contribution >= 4 is 0 Å². The monoisotopic (exact) mass is 360 g/mol. The highest BCUT2D eigenvalue weighted by molar-refractivity contribution is 5.24. The van der Waals surface area contributed by atoms with Crippen LogP contribution in [0, 0.1) is 0 Å². The summed E-state index contributed by atoms with van der Waals surface area (Å²) in [6, 6.07) is 22.5. The predicted molar refractivity (Wildman–Crippen MR) is 107 cm³/mol. The van der Waals surface area contributed by atoms with E-state index in [1.165, 1.54) is 5.56 Å². The van der Waals surface area contributed by atoms with E-state index in [0.717, 1.165) is 30.9 Å². The summed E-state index contributed by atoms with van der Waals surface area (Å²) in [5.41, 5.74) is 3.34. The molecule has 0 amide bonds. The molecule has 138 valence electrons. The number of benzene rings is 2. The van der Waals surface area contributed by atoms with Crippen molar-refractivity contribution in [2.24, 2.45) is 0 Å². The van der Waals surface area contributed by atoms with Crippen molar-refractivity contribution in [3.63, 3.8) is 0 Å². The maximum atomic E-state index is 12.5. The van der Waals surface area contributed by atoms with Gasteiger partial charge in [-0.3, -0.25) is 9.69 Å². The SMILES string of the molecule is CC1Cn2cc(OCc3ccccc3)c(=O)cc2CN1Cc1ccccc1. The molecule has 0 spiro atoms. The Balaban J connectivity index is 1.50. The summed E-state index contributed by atoms with van der Waals surface area (Å²) >= 11 is 0. The Labute approximate surface area is 159 Å². The van der Waals surface area contributed by atoms with Crippen molar-refractivity contribution in [1.29, 1.82) is 0 Å². The first-order valence-corrected chi connectivity index (χ1v) is 9.37. The van der Waals surface area contributed by atoms with Gasteiger partial charge in [0.05, 0.1) is 6.20 Å². The average molecular weight is 360 g/mol. The van der Waals surface area contributed by atoms with E-state index in [1.807, 2.05) is 42.6 Å². The molecule has 1 atom stereocenters. The third kappa shape index (κ3) is 4.12. The van der Waals surface area contributed by atoms with Gasteiger partial charge in [0.1, 0.15) is 6.61 Å². The molecule has 1 unspecified atom stereocenters. The molecule has 4 nitrogen and oxygen atoms in total. The Morgan fingerprint density at radius 2 is 1.67 bits per heavy atom. The second-order valence-electron chi connectivity index (χ2n) is 7.16. The minimum Gasteiger partial charge on any atom is -0.483 e. The predicted octanol–water partition coefficient (Wildman–Crippen LogP) is 3.83. The Bertz CT molecular complexity index is 951. The molecule has 1 aliphatic heterocycles. The highest BCUT2D eigenvalue weighted by Crippen LogP contribution is 2.21. The lowest BCUT2D eigenvalue weighted by molar-refractivity contribution is 0.141. The lowest BCUT2D eigenvalue weighted by Gasteiger charge is -2.36. The van der Waals surface area contributed by atoms with Gasteiger partial charge in [-0.05, 0) is 18.1 Å². The van der Waals surface area contributed by atoms with E-state index in [2.05, 4.69) is 40.7 Å². The van der Waals surface area contributed by atoms with Gasteiger partial charge in [0.15, 0.2) is 5.75 Å². The molecule has 0 saturated heterocycles. The molecule has 0 N–H and O–H groups in total. The Kier molecular flexibility index (Phi) is 5.07. The van der Waals surface area contributed by atoms with Crippen LogP contribution >= 0.6 is 0 Å². The van der Waals surface area contributed by atoms with Crippen LogP contribution in [0.4, 0.5) is 0 Å². The molecular weight excluding hydrogens is 336 g/mol. The average Bonchev–Trinajstić information content (AvgIpc) is 2.69. The van der Waals surface area contributed by atoms with Crippen LogP contribution in [0.25, 0.3) is 0 Å². The van der Waals surface area contributed by atoms with Gasteiger partial charge >= 0.3 is 0 Å². The van der Waals surface area contributed by atoms with E-state index >= 15 is 0 Å². The molecule has 0 fully saturated rings. The van der Waals surface area contributed by atoms with E-state index in [0.29, 0.717) is 18.4 Å². The summed E-state index contributed by atoms with van der Waals surface area (Å²) in [5, 5.41) is 0. The minimum absolute atomic E-state index is 0.0496. The van der Waals surface area contributed by atoms with Gasteiger partial charge in [0.25, 0.3) is 0 Å². The summed E-state index contributed by atoms with van der Waals surface area (Å²) in [6.07, 6.45) is 1.87. The van der Waals surface area contributed by atoms with Crippen molar-refractivity contribution < 1.29 is 4.74 Å². The van der Waals surface area contributed by atoms with Gasteiger partial charge in [-0.2, -0.15) is 0 Å². The van der Waals surface area contributed by atoms with Crippen LogP contribution in [0.5, 0.6) is 5.75 Å². The van der Waals surface area contributed by atoms with Gasteiger partial charge in [-0.25, -0.2) is 0 Å². The van der Waals surface area contributed by atoms with Gasteiger partial charge in [-0.1, -0.05) is 60.7 Å². The van der Waals surface area contributed by atoms with Gasteiger partial charge in [0, 0.05) is 37.4 Å². The van der Waals surface area contributed by atoms with Crippen LogP contribution in [0.2, 0.25) is 0 Å². The molecule has 4 rings (SSSR count).